The van der Waals surface area contributed by atoms with Crippen LogP contribution in [0.1, 0.15) is 27.7 Å². The van der Waals surface area contributed by atoms with E-state index in [0.29, 0.717) is 0 Å². The van der Waals surface area contributed by atoms with Crippen LogP contribution in [0.15, 0.2) is 0 Å². The van der Waals surface area contributed by atoms with Gasteiger partial charge in [0.05, 0.1) is 0 Å². The van der Waals surface area contributed by atoms with E-state index in [1.54, 1.807) is 0 Å². The van der Waals surface area contributed by atoms with Crippen molar-refractivity contribution in [1.82, 2.24) is 0 Å². The van der Waals surface area contributed by atoms with Gasteiger partial charge in [-0.3, -0.25) is 0 Å². The zero-order chi connectivity index (χ0) is 8.85. The standard InChI is InChI=1S/C8H22OSi2/c1-7(2)5-11(9-10)6-8(3)4/h7-8,11H,5-6H2,1-4,10H3. The molecular formula is C8H22OSi2. The van der Waals surface area contributed by atoms with Gasteiger partial charge in [0.15, 0.2) is 9.04 Å². The minimum absolute atomic E-state index is 0.767. The van der Waals surface area contributed by atoms with E-state index in [9.17, 15) is 0 Å². The van der Waals surface area contributed by atoms with E-state index in [2.05, 4.69) is 27.7 Å². The smallest absolute Gasteiger partial charge is 0.162 e. The first-order valence-corrected chi connectivity index (χ1v) is 7.51. The van der Waals surface area contributed by atoms with Crippen molar-refractivity contribution in [3.8, 4) is 0 Å². The van der Waals surface area contributed by atoms with Crippen molar-refractivity contribution in [1.29, 1.82) is 0 Å². The second-order valence-electron chi connectivity index (χ2n) is 4.12. The molecule has 0 spiro atoms. The summed E-state index contributed by atoms with van der Waals surface area (Å²) >= 11 is 0. The maximum atomic E-state index is 5.65. The Hall–Kier alpha value is 0.394. The fourth-order valence-electron chi connectivity index (χ4n) is 1.34. The van der Waals surface area contributed by atoms with E-state index in [1.165, 1.54) is 12.1 Å². The SMILES string of the molecule is CC(C)C[SiH](CC(C)C)O[SiH3]. The predicted octanol–water partition coefficient (Wildman–Crippen LogP) is 1.32. The lowest BCUT2D eigenvalue weighted by Gasteiger charge is -2.17. The van der Waals surface area contributed by atoms with E-state index >= 15 is 0 Å². The molecule has 0 aliphatic rings. The predicted molar refractivity (Wildman–Crippen MR) is 57.5 cm³/mol. The van der Waals surface area contributed by atoms with Crippen LogP contribution in [0.2, 0.25) is 12.1 Å². The molecule has 0 unspecified atom stereocenters. The molecule has 0 saturated carbocycles. The average Bonchev–Trinajstić information content (AvgIpc) is 1.84. The second kappa shape index (κ2) is 5.97. The Labute approximate surface area is 75.8 Å². The van der Waals surface area contributed by atoms with E-state index in [4.69, 9.17) is 4.12 Å². The molecule has 0 aromatic rings. The largest absolute Gasteiger partial charge is 0.465 e. The Balaban J connectivity index is 3.58. The quantitative estimate of drug-likeness (QED) is 0.594. The van der Waals surface area contributed by atoms with E-state index in [-0.39, 0.29) is 0 Å². The number of hydrogen-bond donors (Lipinski definition) is 0. The maximum Gasteiger partial charge on any atom is 0.162 e. The van der Waals surface area contributed by atoms with E-state index < -0.39 is 9.04 Å². The van der Waals surface area contributed by atoms with Gasteiger partial charge in [-0.05, 0) is 23.9 Å². The Morgan fingerprint density at radius 2 is 1.45 bits per heavy atom. The van der Waals surface area contributed by atoms with Crippen molar-refractivity contribution < 1.29 is 4.12 Å². The highest BCUT2D eigenvalue weighted by molar-refractivity contribution is 6.55. The van der Waals surface area contributed by atoms with Crippen molar-refractivity contribution in [2.75, 3.05) is 0 Å². The van der Waals surface area contributed by atoms with Crippen LogP contribution < -0.4 is 0 Å². The molecule has 0 radical (unpaired) electrons. The van der Waals surface area contributed by atoms with Crippen LogP contribution in [-0.2, 0) is 4.12 Å². The van der Waals surface area contributed by atoms with Crippen LogP contribution in [0, 0.1) is 11.8 Å². The molecule has 3 heteroatoms. The molecule has 0 fully saturated rings. The molecule has 0 aromatic carbocycles. The summed E-state index contributed by atoms with van der Waals surface area (Å²) in [6.07, 6.45) is 0. The third-order valence-corrected chi connectivity index (χ3v) is 7.41. The molecule has 0 aliphatic heterocycles. The molecule has 1 nitrogen and oxygen atoms in total. The highest BCUT2D eigenvalue weighted by atomic mass is 28.3. The third kappa shape index (κ3) is 6.78. The van der Waals surface area contributed by atoms with Gasteiger partial charge in [0.1, 0.15) is 10.5 Å². The van der Waals surface area contributed by atoms with Crippen LogP contribution in [0.25, 0.3) is 0 Å². The average molecular weight is 190 g/mol. The summed E-state index contributed by atoms with van der Waals surface area (Å²) < 4.78 is 5.65. The summed E-state index contributed by atoms with van der Waals surface area (Å²) in [7, 11) is 0.178. The van der Waals surface area contributed by atoms with Crippen LogP contribution >= 0.6 is 0 Å². The maximum absolute atomic E-state index is 5.65. The van der Waals surface area contributed by atoms with Crippen molar-refractivity contribution >= 4 is 19.5 Å². The second-order valence-corrected chi connectivity index (χ2v) is 8.19. The molecule has 68 valence electrons. The first-order chi connectivity index (χ1) is 5.06. The van der Waals surface area contributed by atoms with Crippen molar-refractivity contribution in [3.05, 3.63) is 0 Å². The Kier molecular flexibility index (Phi) is 6.18. The lowest BCUT2D eigenvalue weighted by Crippen LogP contribution is -2.20. The van der Waals surface area contributed by atoms with E-state index in [1.807, 2.05) is 0 Å². The van der Waals surface area contributed by atoms with Crippen molar-refractivity contribution in [3.63, 3.8) is 0 Å². The summed E-state index contributed by atoms with van der Waals surface area (Å²) in [6.45, 7) is 9.17. The van der Waals surface area contributed by atoms with Gasteiger partial charge >= 0.3 is 0 Å². The first-order valence-electron chi connectivity index (χ1n) is 4.59. The highest BCUT2D eigenvalue weighted by Crippen LogP contribution is 2.14. The lowest BCUT2D eigenvalue weighted by molar-refractivity contribution is 0.566. The Bertz CT molecular complexity index is 84.1. The molecule has 0 atom stereocenters. The fraction of sp³-hybridized carbons (Fsp3) is 1.00. The molecule has 0 aliphatic carbocycles. The summed E-state index contributed by atoms with van der Waals surface area (Å²) in [5, 5.41) is 0. The molecule has 0 bridgehead atoms. The third-order valence-electron chi connectivity index (χ3n) is 1.80. The van der Waals surface area contributed by atoms with Crippen LogP contribution in [-0.4, -0.2) is 19.5 Å². The summed E-state index contributed by atoms with van der Waals surface area (Å²) in [5.41, 5.74) is 0. The van der Waals surface area contributed by atoms with Gasteiger partial charge in [0, 0.05) is 0 Å². The minimum Gasteiger partial charge on any atom is -0.465 e. The van der Waals surface area contributed by atoms with Gasteiger partial charge in [-0.2, -0.15) is 0 Å². The molecule has 0 heterocycles. The molecule has 0 rings (SSSR count). The zero-order valence-corrected chi connectivity index (χ0v) is 11.7. The number of rotatable bonds is 5. The van der Waals surface area contributed by atoms with Gasteiger partial charge in [-0.15, -0.1) is 0 Å². The van der Waals surface area contributed by atoms with Gasteiger partial charge in [0.25, 0.3) is 0 Å². The van der Waals surface area contributed by atoms with Gasteiger partial charge in [0.2, 0.25) is 0 Å². The topological polar surface area (TPSA) is 9.23 Å². The van der Waals surface area contributed by atoms with Gasteiger partial charge in [-0.25, -0.2) is 0 Å². The molecule has 0 saturated heterocycles. The first kappa shape index (κ1) is 11.4. The summed E-state index contributed by atoms with van der Waals surface area (Å²) in [4.78, 5) is 0. The van der Waals surface area contributed by atoms with E-state index in [0.717, 1.165) is 22.3 Å². The van der Waals surface area contributed by atoms with Gasteiger partial charge < -0.3 is 4.12 Å². The lowest BCUT2D eigenvalue weighted by atomic mass is 10.3. The normalized spacial score (nSPS) is 12.3. The van der Waals surface area contributed by atoms with Crippen molar-refractivity contribution in [2.45, 2.75) is 39.8 Å². The Morgan fingerprint density at radius 3 is 1.64 bits per heavy atom. The highest BCUT2D eigenvalue weighted by Gasteiger charge is 2.12. The fourth-order valence-corrected chi connectivity index (χ4v) is 5.18. The zero-order valence-electron chi connectivity index (χ0n) is 8.55. The Morgan fingerprint density at radius 1 is 1.09 bits per heavy atom. The molecule has 11 heavy (non-hydrogen) atoms. The van der Waals surface area contributed by atoms with Crippen molar-refractivity contribution in [2.24, 2.45) is 11.8 Å². The number of hydrogen-bond acceptors (Lipinski definition) is 1. The molecular weight excluding hydrogens is 168 g/mol. The van der Waals surface area contributed by atoms with Crippen LogP contribution in [0.5, 0.6) is 0 Å². The van der Waals surface area contributed by atoms with Crippen LogP contribution in [0.3, 0.4) is 0 Å². The molecule has 0 amide bonds. The minimum atomic E-state index is -0.767. The van der Waals surface area contributed by atoms with Gasteiger partial charge in [-0.1, -0.05) is 27.7 Å². The summed E-state index contributed by atoms with van der Waals surface area (Å²) in [5.74, 6) is 1.67. The van der Waals surface area contributed by atoms with Crippen LogP contribution in [0.4, 0.5) is 0 Å². The monoisotopic (exact) mass is 190 g/mol. The molecule has 0 N–H and O–H groups in total. The molecule has 0 aromatic heterocycles. The summed E-state index contributed by atoms with van der Waals surface area (Å²) in [6, 6.07) is 2.73.